The summed E-state index contributed by atoms with van der Waals surface area (Å²) in [6.45, 7) is 4.60. The molecule has 3 amide bonds. The Labute approximate surface area is 181 Å². The van der Waals surface area contributed by atoms with Crippen LogP contribution in [0, 0.1) is 5.92 Å². The van der Waals surface area contributed by atoms with Gasteiger partial charge in [-0.05, 0) is 25.7 Å². The van der Waals surface area contributed by atoms with Crippen molar-refractivity contribution in [3.8, 4) is 0 Å². The van der Waals surface area contributed by atoms with Gasteiger partial charge in [0, 0.05) is 6.54 Å². The summed E-state index contributed by atoms with van der Waals surface area (Å²) in [4.78, 5) is 51.5. The molecule has 0 fully saturated rings. The summed E-state index contributed by atoms with van der Waals surface area (Å²) in [5, 5.41) is 25.9. The molecule has 0 aliphatic heterocycles. The normalized spacial score (nSPS) is 15.5. The highest BCUT2D eigenvalue weighted by molar-refractivity contribution is 5.93. The number of amides is 3. The molecule has 0 saturated heterocycles. The summed E-state index contributed by atoms with van der Waals surface area (Å²) in [7, 11) is 0. The van der Waals surface area contributed by atoms with Gasteiger partial charge in [0.15, 0.2) is 5.96 Å². The average molecular weight is 446 g/mol. The van der Waals surface area contributed by atoms with Crippen molar-refractivity contribution in [1.29, 1.82) is 0 Å². The minimum absolute atomic E-state index is 0.0751. The van der Waals surface area contributed by atoms with E-state index in [-0.39, 0.29) is 24.8 Å². The maximum Gasteiger partial charge on any atom is 0.326 e. The molecule has 0 aliphatic rings. The van der Waals surface area contributed by atoms with E-state index in [1.165, 1.54) is 6.92 Å². The molecule has 5 atom stereocenters. The third-order valence-corrected chi connectivity index (χ3v) is 4.62. The van der Waals surface area contributed by atoms with Gasteiger partial charge in [-0.3, -0.25) is 19.4 Å². The number of nitrogens with one attached hydrogen (secondary N) is 3. The van der Waals surface area contributed by atoms with Gasteiger partial charge < -0.3 is 43.4 Å². The number of carboxylic acids is 1. The number of aliphatic imine (C=N–C) groups is 1. The maximum atomic E-state index is 12.3. The first-order valence-corrected chi connectivity index (χ1v) is 9.99. The van der Waals surface area contributed by atoms with Crippen molar-refractivity contribution >= 4 is 29.7 Å². The largest absolute Gasteiger partial charge is 0.480 e. The number of carbonyl (C=O) groups is 4. The molecular weight excluding hydrogens is 410 g/mol. The predicted molar refractivity (Wildman–Crippen MR) is 114 cm³/mol. The van der Waals surface area contributed by atoms with Crippen molar-refractivity contribution in [3.05, 3.63) is 0 Å². The first kappa shape index (κ1) is 28.1. The van der Waals surface area contributed by atoms with Crippen molar-refractivity contribution in [2.75, 3.05) is 13.1 Å². The second-order valence-corrected chi connectivity index (χ2v) is 7.26. The van der Waals surface area contributed by atoms with Gasteiger partial charge in [0.2, 0.25) is 17.7 Å². The number of guanidine groups is 1. The quantitative estimate of drug-likeness (QED) is 0.0769. The maximum absolute atomic E-state index is 12.3. The fraction of sp³-hybridized carbons (Fsp3) is 0.722. The van der Waals surface area contributed by atoms with Crippen LogP contribution in [0.15, 0.2) is 4.99 Å². The fourth-order valence-corrected chi connectivity index (χ4v) is 2.45. The summed E-state index contributed by atoms with van der Waals surface area (Å²) >= 11 is 0. The standard InChI is InChI=1S/C18H35N7O6/c1-4-9(2)13(19)15(28)25-14(10(3)26)16(29)23-8-12(27)24-11(17(30)31)6-5-7-22-18(20)21/h9-11,13-14,26H,4-8,19H2,1-3H3,(H,23,29)(H,24,27)(H,25,28)(H,30,31)(H4,20,21,22). The monoisotopic (exact) mass is 445 g/mol. The Bertz CT molecular complexity index is 651. The molecule has 0 aliphatic carbocycles. The molecule has 0 saturated carbocycles. The van der Waals surface area contributed by atoms with Gasteiger partial charge in [-0.2, -0.15) is 0 Å². The molecule has 0 spiro atoms. The van der Waals surface area contributed by atoms with E-state index < -0.39 is 54.5 Å². The molecule has 0 radical (unpaired) electrons. The molecule has 0 rings (SSSR count). The van der Waals surface area contributed by atoms with E-state index in [4.69, 9.17) is 17.2 Å². The Hall–Kier alpha value is -2.93. The lowest BCUT2D eigenvalue weighted by Crippen LogP contribution is -2.58. The Morgan fingerprint density at radius 1 is 1.06 bits per heavy atom. The van der Waals surface area contributed by atoms with E-state index in [0.717, 1.165) is 0 Å². The van der Waals surface area contributed by atoms with Crippen molar-refractivity contribution < 1.29 is 29.4 Å². The van der Waals surface area contributed by atoms with Crippen LogP contribution in [0.2, 0.25) is 0 Å². The Kier molecular flexibility index (Phi) is 12.8. The molecule has 13 nitrogen and oxygen atoms in total. The lowest BCUT2D eigenvalue weighted by atomic mass is 9.99. The topological polar surface area (TPSA) is 235 Å². The number of aliphatic hydroxyl groups excluding tert-OH is 1. The number of nitrogens with zero attached hydrogens (tertiary/aromatic N) is 1. The number of aliphatic carboxylic acids is 1. The first-order chi connectivity index (χ1) is 14.4. The Morgan fingerprint density at radius 2 is 1.68 bits per heavy atom. The van der Waals surface area contributed by atoms with E-state index in [0.29, 0.717) is 12.8 Å². The summed E-state index contributed by atoms with van der Waals surface area (Å²) in [5.74, 6) is -3.68. The van der Waals surface area contributed by atoms with Gasteiger partial charge in [-0.15, -0.1) is 0 Å². The van der Waals surface area contributed by atoms with Crippen LogP contribution in [-0.4, -0.2) is 77.2 Å². The van der Waals surface area contributed by atoms with Gasteiger partial charge >= 0.3 is 5.97 Å². The van der Waals surface area contributed by atoms with Crippen LogP contribution in [0.4, 0.5) is 0 Å². The van der Waals surface area contributed by atoms with Gasteiger partial charge in [-0.25, -0.2) is 4.79 Å². The molecule has 5 unspecified atom stereocenters. The molecule has 13 heteroatoms. The highest BCUT2D eigenvalue weighted by atomic mass is 16.4. The SMILES string of the molecule is CCC(C)C(N)C(=O)NC(C(=O)NCC(=O)NC(CCCN=C(N)N)C(=O)O)C(C)O. The zero-order valence-corrected chi connectivity index (χ0v) is 18.1. The lowest BCUT2D eigenvalue weighted by Gasteiger charge is -2.24. The van der Waals surface area contributed by atoms with Crippen molar-refractivity contribution in [3.63, 3.8) is 0 Å². The average Bonchev–Trinajstić information content (AvgIpc) is 2.70. The molecular formula is C18H35N7O6. The van der Waals surface area contributed by atoms with Crippen molar-refractivity contribution in [1.82, 2.24) is 16.0 Å². The van der Waals surface area contributed by atoms with Gasteiger partial charge in [0.1, 0.15) is 12.1 Å². The third-order valence-electron chi connectivity index (χ3n) is 4.62. The van der Waals surface area contributed by atoms with E-state index in [9.17, 15) is 29.4 Å². The van der Waals surface area contributed by atoms with Crippen LogP contribution in [-0.2, 0) is 19.2 Å². The van der Waals surface area contributed by atoms with E-state index in [2.05, 4.69) is 20.9 Å². The van der Waals surface area contributed by atoms with Crippen molar-refractivity contribution in [2.45, 2.75) is 64.3 Å². The van der Waals surface area contributed by atoms with E-state index in [1.54, 1.807) is 6.92 Å². The highest BCUT2D eigenvalue weighted by Gasteiger charge is 2.29. The number of aliphatic hydroxyl groups is 1. The number of carbonyl (C=O) groups excluding carboxylic acids is 3. The number of carboxylic acid groups (broad SMARTS) is 1. The van der Waals surface area contributed by atoms with Crippen LogP contribution in [0.3, 0.4) is 0 Å². The predicted octanol–water partition coefficient (Wildman–Crippen LogP) is -3.04. The van der Waals surface area contributed by atoms with Gasteiger partial charge in [0.25, 0.3) is 0 Å². The van der Waals surface area contributed by atoms with E-state index >= 15 is 0 Å². The molecule has 178 valence electrons. The number of rotatable bonds is 14. The zero-order valence-electron chi connectivity index (χ0n) is 18.1. The van der Waals surface area contributed by atoms with Crippen LogP contribution in [0.1, 0.15) is 40.0 Å². The van der Waals surface area contributed by atoms with E-state index in [1.807, 2.05) is 6.92 Å². The second-order valence-electron chi connectivity index (χ2n) is 7.26. The van der Waals surface area contributed by atoms with Crippen LogP contribution < -0.4 is 33.2 Å². The molecule has 31 heavy (non-hydrogen) atoms. The van der Waals surface area contributed by atoms with Crippen molar-refractivity contribution in [2.24, 2.45) is 28.1 Å². The fourth-order valence-electron chi connectivity index (χ4n) is 2.45. The number of hydrogen-bond acceptors (Lipinski definition) is 7. The lowest BCUT2D eigenvalue weighted by molar-refractivity contribution is -0.142. The van der Waals surface area contributed by atoms with Gasteiger partial charge in [0.05, 0.1) is 18.7 Å². The third kappa shape index (κ3) is 11.1. The summed E-state index contributed by atoms with van der Waals surface area (Å²) in [5.41, 5.74) is 16.2. The smallest absolute Gasteiger partial charge is 0.326 e. The highest BCUT2D eigenvalue weighted by Crippen LogP contribution is 2.06. The molecule has 0 aromatic heterocycles. The van der Waals surface area contributed by atoms with Gasteiger partial charge in [-0.1, -0.05) is 20.3 Å². The summed E-state index contributed by atoms with van der Waals surface area (Å²) in [6, 6.07) is -3.39. The first-order valence-electron chi connectivity index (χ1n) is 9.99. The Morgan fingerprint density at radius 3 is 2.16 bits per heavy atom. The van der Waals surface area contributed by atoms with Crippen LogP contribution in [0.5, 0.6) is 0 Å². The number of nitrogens with two attached hydrogens (primary N) is 3. The Balaban J connectivity index is 4.75. The molecule has 0 heterocycles. The molecule has 11 N–H and O–H groups in total. The minimum atomic E-state index is -1.33. The minimum Gasteiger partial charge on any atom is -0.480 e. The molecule has 0 aromatic carbocycles. The van der Waals surface area contributed by atoms with Crippen LogP contribution in [0.25, 0.3) is 0 Å². The second kappa shape index (κ2) is 14.1. The zero-order chi connectivity index (χ0) is 24.1. The van der Waals surface area contributed by atoms with Crippen LogP contribution >= 0.6 is 0 Å². The summed E-state index contributed by atoms with van der Waals surface area (Å²) in [6.07, 6.45) is -0.213. The molecule has 0 bridgehead atoms. The number of hydrogen-bond donors (Lipinski definition) is 8. The summed E-state index contributed by atoms with van der Waals surface area (Å²) < 4.78 is 0. The molecule has 0 aromatic rings.